The highest BCUT2D eigenvalue weighted by Crippen LogP contribution is 2.28. The number of rotatable bonds is 0. The van der Waals surface area contributed by atoms with Gasteiger partial charge < -0.3 is 4.98 Å². The number of hydrogen-bond acceptors (Lipinski definition) is 1. The van der Waals surface area contributed by atoms with Gasteiger partial charge in [0.25, 0.3) is 5.56 Å². The van der Waals surface area contributed by atoms with Crippen LogP contribution in [0.3, 0.4) is 0 Å². The first-order valence-electron chi connectivity index (χ1n) is 5.21. The fraction of sp³-hybridized carbons (Fsp3) is 0.308. The Morgan fingerprint density at radius 3 is 2.50 bits per heavy atom. The van der Waals surface area contributed by atoms with Gasteiger partial charge >= 0.3 is 0 Å². The molecule has 3 heteroatoms. The minimum absolute atomic E-state index is 0.0241. The molecule has 0 aliphatic heterocycles. The number of benzene rings is 1. The number of nitrogens with one attached hydrogen (secondary N) is 1. The van der Waals surface area contributed by atoms with E-state index in [1.165, 1.54) is 0 Å². The third kappa shape index (κ3) is 1.92. The van der Waals surface area contributed by atoms with Gasteiger partial charge in [-0.25, -0.2) is 0 Å². The Kier molecular flexibility index (Phi) is 2.66. The number of H-pyrrole nitrogens is 1. The summed E-state index contributed by atoms with van der Waals surface area (Å²) in [4.78, 5) is 14.5. The Hall–Kier alpha value is -1.09. The van der Waals surface area contributed by atoms with Crippen molar-refractivity contribution in [2.75, 3.05) is 0 Å². The highest BCUT2D eigenvalue weighted by Gasteiger charge is 2.17. The lowest BCUT2D eigenvalue weighted by Crippen LogP contribution is -2.16. The summed E-state index contributed by atoms with van der Waals surface area (Å²) in [5, 5.41) is 1.77. The maximum atomic E-state index is 11.7. The smallest absolute Gasteiger partial charge is 0.255 e. The maximum Gasteiger partial charge on any atom is 0.255 e. The molecule has 0 aliphatic rings. The van der Waals surface area contributed by atoms with Gasteiger partial charge in [0.05, 0.1) is 0 Å². The van der Waals surface area contributed by atoms with Crippen molar-refractivity contribution in [2.24, 2.45) is 0 Å². The first-order valence-corrected chi connectivity index (χ1v) is 6.00. The zero-order valence-corrected chi connectivity index (χ0v) is 11.2. The molecule has 1 heterocycles. The fourth-order valence-electron chi connectivity index (χ4n) is 1.85. The molecule has 0 bridgehead atoms. The molecule has 1 aromatic carbocycles. The highest BCUT2D eigenvalue weighted by molar-refractivity contribution is 9.10. The van der Waals surface area contributed by atoms with Gasteiger partial charge in [0.1, 0.15) is 0 Å². The molecule has 0 aliphatic carbocycles. The molecule has 1 N–H and O–H groups in total. The van der Waals surface area contributed by atoms with E-state index in [4.69, 9.17) is 0 Å². The largest absolute Gasteiger partial charge is 0.328 e. The van der Waals surface area contributed by atoms with Gasteiger partial charge in [0.15, 0.2) is 0 Å². The SMILES string of the molecule is CC(C)(C)c1c[nH]c(=O)c2cc(Br)ccc12. The van der Waals surface area contributed by atoms with Gasteiger partial charge in [-0.15, -0.1) is 0 Å². The van der Waals surface area contributed by atoms with Gasteiger partial charge in [-0.05, 0) is 28.5 Å². The van der Waals surface area contributed by atoms with E-state index in [2.05, 4.69) is 41.7 Å². The molecule has 0 fully saturated rings. The van der Waals surface area contributed by atoms with Crippen LogP contribution >= 0.6 is 15.9 Å². The van der Waals surface area contributed by atoms with Crippen molar-refractivity contribution in [1.29, 1.82) is 0 Å². The van der Waals surface area contributed by atoms with Crippen molar-refractivity contribution in [3.8, 4) is 0 Å². The van der Waals surface area contributed by atoms with Crippen LogP contribution in [0.5, 0.6) is 0 Å². The standard InChI is InChI=1S/C13H14BrNO/c1-13(2,3)11-7-15-12(16)10-6-8(14)4-5-9(10)11/h4-7H,1-3H3,(H,15,16). The normalized spacial score (nSPS) is 12.0. The van der Waals surface area contributed by atoms with Crippen LogP contribution in [0.2, 0.25) is 0 Å². The van der Waals surface area contributed by atoms with Gasteiger partial charge in [0.2, 0.25) is 0 Å². The van der Waals surface area contributed by atoms with E-state index < -0.39 is 0 Å². The van der Waals surface area contributed by atoms with Crippen LogP contribution in [0.15, 0.2) is 33.7 Å². The maximum absolute atomic E-state index is 11.7. The van der Waals surface area contributed by atoms with Gasteiger partial charge in [-0.1, -0.05) is 42.8 Å². The Morgan fingerprint density at radius 1 is 1.19 bits per heavy atom. The first kappa shape index (κ1) is 11.4. The van der Waals surface area contributed by atoms with Gasteiger partial charge in [-0.3, -0.25) is 4.79 Å². The van der Waals surface area contributed by atoms with Crippen LogP contribution in [0.25, 0.3) is 10.8 Å². The molecule has 2 nitrogen and oxygen atoms in total. The van der Waals surface area contributed by atoms with Crippen LogP contribution in [-0.2, 0) is 5.41 Å². The first-order chi connectivity index (χ1) is 7.39. The number of halogens is 1. The van der Waals surface area contributed by atoms with Crippen molar-refractivity contribution in [3.05, 3.63) is 44.8 Å². The lowest BCUT2D eigenvalue weighted by molar-refractivity contribution is 0.593. The molecule has 2 aromatic rings. The van der Waals surface area contributed by atoms with Gasteiger partial charge in [-0.2, -0.15) is 0 Å². The van der Waals surface area contributed by atoms with Crippen LogP contribution in [-0.4, -0.2) is 4.98 Å². The molecule has 0 saturated carbocycles. The third-order valence-electron chi connectivity index (χ3n) is 2.67. The van der Waals surface area contributed by atoms with Crippen molar-refractivity contribution in [3.63, 3.8) is 0 Å². The molecule has 0 saturated heterocycles. The Balaban J connectivity index is 2.90. The zero-order valence-electron chi connectivity index (χ0n) is 9.60. The molecule has 1 aromatic heterocycles. The van der Waals surface area contributed by atoms with E-state index in [0.717, 1.165) is 20.8 Å². The Bertz CT molecular complexity index is 593. The molecule has 0 spiro atoms. The summed E-state index contributed by atoms with van der Waals surface area (Å²) >= 11 is 3.39. The summed E-state index contributed by atoms with van der Waals surface area (Å²) in [7, 11) is 0. The second kappa shape index (κ2) is 3.74. The summed E-state index contributed by atoms with van der Waals surface area (Å²) < 4.78 is 0.927. The quantitative estimate of drug-likeness (QED) is 0.786. The van der Waals surface area contributed by atoms with E-state index in [9.17, 15) is 4.79 Å². The zero-order chi connectivity index (χ0) is 11.9. The summed E-state index contributed by atoms with van der Waals surface area (Å²) in [5.74, 6) is 0. The molecule has 0 radical (unpaired) electrons. The van der Waals surface area contributed by atoms with E-state index in [-0.39, 0.29) is 11.0 Å². The molecule has 0 atom stereocenters. The predicted molar refractivity (Wildman–Crippen MR) is 71.0 cm³/mol. The monoisotopic (exact) mass is 279 g/mol. The predicted octanol–water partition coefficient (Wildman–Crippen LogP) is 3.59. The molecule has 0 amide bonds. The molecule has 84 valence electrons. The van der Waals surface area contributed by atoms with E-state index in [0.29, 0.717) is 0 Å². The Morgan fingerprint density at radius 2 is 1.88 bits per heavy atom. The van der Waals surface area contributed by atoms with Crippen LogP contribution in [0, 0.1) is 0 Å². The highest BCUT2D eigenvalue weighted by atomic mass is 79.9. The van der Waals surface area contributed by atoms with Crippen LogP contribution < -0.4 is 5.56 Å². The lowest BCUT2D eigenvalue weighted by atomic mass is 9.85. The minimum atomic E-state index is -0.0377. The topological polar surface area (TPSA) is 32.9 Å². The second-order valence-electron chi connectivity index (χ2n) is 4.97. The molecule has 0 unspecified atom stereocenters. The third-order valence-corrected chi connectivity index (χ3v) is 3.17. The van der Waals surface area contributed by atoms with E-state index in [1.54, 1.807) is 0 Å². The van der Waals surface area contributed by atoms with Crippen molar-refractivity contribution >= 4 is 26.7 Å². The molecular formula is C13H14BrNO. The second-order valence-corrected chi connectivity index (χ2v) is 5.89. The van der Waals surface area contributed by atoms with Crippen molar-refractivity contribution in [2.45, 2.75) is 26.2 Å². The summed E-state index contributed by atoms with van der Waals surface area (Å²) in [6.07, 6.45) is 1.82. The van der Waals surface area contributed by atoms with Crippen LogP contribution in [0.4, 0.5) is 0 Å². The average Bonchev–Trinajstić information content (AvgIpc) is 2.17. The molecular weight excluding hydrogens is 266 g/mol. The summed E-state index contributed by atoms with van der Waals surface area (Å²) in [6, 6.07) is 5.83. The van der Waals surface area contributed by atoms with Crippen molar-refractivity contribution in [1.82, 2.24) is 4.98 Å². The van der Waals surface area contributed by atoms with E-state index >= 15 is 0 Å². The lowest BCUT2D eigenvalue weighted by Gasteiger charge is -2.20. The summed E-state index contributed by atoms with van der Waals surface area (Å²) in [5.41, 5.74) is 1.15. The number of aromatic nitrogens is 1. The minimum Gasteiger partial charge on any atom is -0.328 e. The number of pyridine rings is 1. The number of aromatic amines is 1. The number of hydrogen-bond donors (Lipinski definition) is 1. The molecule has 16 heavy (non-hydrogen) atoms. The van der Waals surface area contributed by atoms with Gasteiger partial charge in [0, 0.05) is 16.1 Å². The van der Waals surface area contributed by atoms with Crippen LogP contribution in [0.1, 0.15) is 26.3 Å². The summed E-state index contributed by atoms with van der Waals surface area (Å²) in [6.45, 7) is 6.42. The van der Waals surface area contributed by atoms with Crippen molar-refractivity contribution < 1.29 is 0 Å². The average molecular weight is 280 g/mol. The fourth-order valence-corrected chi connectivity index (χ4v) is 2.21. The van der Waals surface area contributed by atoms with E-state index in [1.807, 2.05) is 24.4 Å². The Labute approximate surface area is 103 Å². The molecule has 2 rings (SSSR count). The number of fused-ring (bicyclic) bond motifs is 1.